The maximum atomic E-state index is 12.0. The third-order valence-corrected chi connectivity index (χ3v) is 4.44. The van der Waals surface area contributed by atoms with Crippen LogP contribution in [0.2, 0.25) is 0 Å². The first kappa shape index (κ1) is 17.1. The molecule has 126 valence electrons. The Morgan fingerprint density at radius 1 is 1.18 bits per heavy atom. The maximum Gasteiger partial charge on any atom is 0.410 e. The minimum atomic E-state index is -0.432. The first-order valence-corrected chi connectivity index (χ1v) is 8.23. The number of rotatable bonds is 4. The van der Waals surface area contributed by atoms with Gasteiger partial charge < -0.3 is 20.3 Å². The predicted octanol–water partition coefficient (Wildman–Crippen LogP) is 1.44. The Balaban J connectivity index is 1.73. The van der Waals surface area contributed by atoms with Gasteiger partial charge in [-0.25, -0.2) is 4.79 Å². The largest absolute Gasteiger partial charge is 0.444 e. The van der Waals surface area contributed by atoms with Gasteiger partial charge in [0.2, 0.25) is 5.91 Å². The standard InChI is InChI=1S/C16H29N3O3/c1-16(2,3)22-15(21)19-10-13(11-19)12-5-4-7-18(9-12)8-6-14(17)20/h12-13H,4-11H2,1-3H3,(H2,17,20). The van der Waals surface area contributed by atoms with E-state index in [1.54, 1.807) is 4.90 Å². The molecule has 0 bridgehead atoms. The van der Waals surface area contributed by atoms with Gasteiger partial charge in [-0.15, -0.1) is 0 Å². The van der Waals surface area contributed by atoms with Gasteiger partial charge in [-0.1, -0.05) is 0 Å². The molecule has 2 amide bonds. The molecule has 2 rings (SSSR count). The van der Waals surface area contributed by atoms with Gasteiger partial charge in [-0.2, -0.15) is 0 Å². The second-order valence-electron chi connectivity index (χ2n) is 7.56. The summed E-state index contributed by atoms with van der Waals surface area (Å²) in [7, 11) is 0. The number of nitrogens with zero attached hydrogens (tertiary/aromatic N) is 2. The summed E-state index contributed by atoms with van der Waals surface area (Å²) in [4.78, 5) is 27.0. The van der Waals surface area contributed by atoms with Crippen molar-refractivity contribution < 1.29 is 14.3 Å². The first-order valence-electron chi connectivity index (χ1n) is 8.23. The zero-order valence-corrected chi connectivity index (χ0v) is 14.0. The van der Waals surface area contributed by atoms with E-state index in [2.05, 4.69) is 4.90 Å². The van der Waals surface area contributed by atoms with Gasteiger partial charge in [0, 0.05) is 32.6 Å². The van der Waals surface area contributed by atoms with Crippen molar-refractivity contribution in [3.05, 3.63) is 0 Å². The summed E-state index contributed by atoms with van der Waals surface area (Å²) < 4.78 is 5.39. The lowest BCUT2D eigenvalue weighted by molar-refractivity contribution is -0.118. The monoisotopic (exact) mass is 311 g/mol. The Labute approximate surface area is 132 Å². The number of hydrogen-bond donors (Lipinski definition) is 1. The molecule has 2 saturated heterocycles. The number of hydrogen-bond acceptors (Lipinski definition) is 4. The lowest BCUT2D eigenvalue weighted by atomic mass is 9.81. The Hall–Kier alpha value is -1.30. The normalized spacial score (nSPS) is 24.0. The number of carbonyl (C=O) groups excluding carboxylic acids is 2. The Morgan fingerprint density at radius 2 is 1.86 bits per heavy atom. The van der Waals surface area contributed by atoms with Gasteiger partial charge in [0.1, 0.15) is 5.60 Å². The summed E-state index contributed by atoms with van der Waals surface area (Å²) in [6.07, 6.45) is 2.60. The minimum Gasteiger partial charge on any atom is -0.444 e. The van der Waals surface area contributed by atoms with E-state index in [0.29, 0.717) is 18.3 Å². The summed E-state index contributed by atoms with van der Waals surface area (Å²) in [5.41, 5.74) is 4.79. The minimum absolute atomic E-state index is 0.204. The zero-order valence-electron chi connectivity index (χ0n) is 14.0. The lowest BCUT2D eigenvalue weighted by Crippen LogP contribution is -2.56. The van der Waals surface area contributed by atoms with Crippen molar-refractivity contribution >= 4 is 12.0 Å². The van der Waals surface area contributed by atoms with Crippen LogP contribution in [0.1, 0.15) is 40.0 Å². The molecule has 0 saturated carbocycles. The highest BCUT2D eigenvalue weighted by atomic mass is 16.6. The van der Waals surface area contributed by atoms with Crippen LogP contribution in [0, 0.1) is 11.8 Å². The van der Waals surface area contributed by atoms with Crippen molar-refractivity contribution in [2.75, 3.05) is 32.7 Å². The third-order valence-electron chi connectivity index (χ3n) is 4.44. The van der Waals surface area contributed by atoms with Gasteiger partial charge in [-0.05, 0) is 52.0 Å². The Bertz CT molecular complexity index is 413. The molecular formula is C16H29N3O3. The molecule has 0 radical (unpaired) electrons. The fourth-order valence-corrected chi connectivity index (χ4v) is 3.23. The van der Waals surface area contributed by atoms with Crippen molar-refractivity contribution in [2.45, 2.75) is 45.6 Å². The van der Waals surface area contributed by atoms with Gasteiger partial charge in [-0.3, -0.25) is 4.79 Å². The highest BCUT2D eigenvalue weighted by molar-refractivity contribution is 5.73. The van der Waals surface area contributed by atoms with Crippen LogP contribution in [0.25, 0.3) is 0 Å². The molecule has 2 aliphatic heterocycles. The van der Waals surface area contributed by atoms with Gasteiger partial charge in [0.05, 0.1) is 0 Å². The van der Waals surface area contributed by atoms with E-state index in [1.807, 2.05) is 20.8 Å². The fourth-order valence-electron chi connectivity index (χ4n) is 3.23. The van der Waals surface area contributed by atoms with Crippen LogP contribution in [0.3, 0.4) is 0 Å². The maximum absolute atomic E-state index is 12.0. The van der Waals surface area contributed by atoms with Crippen molar-refractivity contribution in [1.29, 1.82) is 0 Å². The smallest absolute Gasteiger partial charge is 0.410 e. The molecule has 2 heterocycles. The van der Waals surface area contributed by atoms with Crippen LogP contribution in [0.5, 0.6) is 0 Å². The van der Waals surface area contributed by atoms with Crippen LogP contribution < -0.4 is 5.73 Å². The molecule has 6 nitrogen and oxygen atoms in total. The molecule has 2 aliphatic rings. The summed E-state index contributed by atoms with van der Waals surface area (Å²) in [6, 6.07) is 0. The van der Waals surface area contributed by atoms with Crippen LogP contribution in [-0.4, -0.2) is 60.1 Å². The molecule has 6 heteroatoms. The van der Waals surface area contributed by atoms with Gasteiger partial charge in [0.15, 0.2) is 0 Å². The van der Waals surface area contributed by atoms with Crippen molar-refractivity contribution in [1.82, 2.24) is 9.80 Å². The molecule has 0 aromatic heterocycles. The Morgan fingerprint density at radius 3 is 2.45 bits per heavy atom. The van der Waals surface area contributed by atoms with E-state index in [0.717, 1.165) is 39.1 Å². The number of primary amides is 1. The SMILES string of the molecule is CC(C)(C)OC(=O)N1CC(C2CCCN(CCC(N)=O)C2)C1. The van der Waals surface area contributed by atoms with Crippen LogP contribution in [0.15, 0.2) is 0 Å². The molecule has 0 aromatic carbocycles. The summed E-state index contributed by atoms with van der Waals surface area (Å²) in [5, 5.41) is 0. The number of piperidine rings is 1. The molecular weight excluding hydrogens is 282 g/mol. The van der Waals surface area contributed by atoms with Crippen molar-refractivity contribution in [2.24, 2.45) is 17.6 Å². The van der Waals surface area contributed by atoms with E-state index in [4.69, 9.17) is 10.5 Å². The zero-order chi connectivity index (χ0) is 16.3. The number of carbonyl (C=O) groups is 2. The first-order chi connectivity index (χ1) is 10.2. The molecule has 0 aromatic rings. The van der Waals surface area contributed by atoms with Crippen LogP contribution in [-0.2, 0) is 9.53 Å². The summed E-state index contributed by atoms with van der Waals surface area (Å²) in [6.45, 7) is 10.1. The third kappa shape index (κ3) is 4.87. The predicted molar refractivity (Wildman–Crippen MR) is 84.3 cm³/mol. The van der Waals surface area contributed by atoms with E-state index in [1.165, 1.54) is 6.42 Å². The van der Waals surface area contributed by atoms with E-state index in [-0.39, 0.29) is 12.0 Å². The van der Waals surface area contributed by atoms with Gasteiger partial charge in [0.25, 0.3) is 0 Å². The number of nitrogens with two attached hydrogens (primary N) is 1. The Kier molecular flexibility index (Phi) is 5.32. The topological polar surface area (TPSA) is 75.9 Å². The molecule has 2 fully saturated rings. The number of ether oxygens (including phenoxy) is 1. The highest BCUT2D eigenvalue weighted by Crippen LogP contribution is 2.31. The van der Waals surface area contributed by atoms with E-state index in [9.17, 15) is 9.59 Å². The molecule has 0 spiro atoms. The molecule has 1 unspecified atom stereocenters. The van der Waals surface area contributed by atoms with E-state index < -0.39 is 5.60 Å². The van der Waals surface area contributed by atoms with Crippen LogP contribution >= 0.6 is 0 Å². The molecule has 2 N–H and O–H groups in total. The molecule has 0 aliphatic carbocycles. The molecule has 1 atom stereocenters. The van der Waals surface area contributed by atoms with E-state index >= 15 is 0 Å². The summed E-state index contributed by atoms with van der Waals surface area (Å²) >= 11 is 0. The molecule has 22 heavy (non-hydrogen) atoms. The average Bonchev–Trinajstić information content (AvgIpc) is 2.33. The number of likely N-dealkylation sites (tertiary alicyclic amines) is 2. The van der Waals surface area contributed by atoms with Crippen molar-refractivity contribution in [3.63, 3.8) is 0 Å². The van der Waals surface area contributed by atoms with Crippen molar-refractivity contribution in [3.8, 4) is 0 Å². The number of amides is 2. The lowest BCUT2D eigenvalue weighted by Gasteiger charge is -2.46. The quantitative estimate of drug-likeness (QED) is 0.852. The van der Waals surface area contributed by atoms with Crippen LogP contribution in [0.4, 0.5) is 4.79 Å². The second kappa shape index (κ2) is 6.86. The average molecular weight is 311 g/mol. The van der Waals surface area contributed by atoms with Gasteiger partial charge >= 0.3 is 6.09 Å². The highest BCUT2D eigenvalue weighted by Gasteiger charge is 2.39. The fraction of sp³-hybridized carbons (Fsp3) is 0.875. The second-order valence-corrected chi connectivity index (χ2v) is 7.56. The summed E-state index contributed by atoms with van der Waals surface area (Å²) in [5.74, 6) is 0.936.